The first kappa shape index (κ1) is 18.7. The third kappa shape index (κ3) is 5.46. The van der Waals surface area contributed by atoms with E-state index in [-0.39, 0.29) is 37.6 Å². The number of hydrogen-bond donors (Lipinski definition) is 3. The quantitative estimate of drug-likeness (QED) is 0.722. The Kier molecular flexibility index (Phi) is 6.77. The molecular weight excluding hydrogens is 323 g/mol. The molecule has 2 amide bonds. The smallest absolute Gasteiger partial charge is 0.315 e. The van der Waals surface area contributed by atoms with Crippen molar-refractivity contribution in [2.45, 2.75) is 26.4 Å². The van der Waals surface area contributed by atoms with Crippen LogP contribution in [0.25, 0.3) is 0 Å². The zero-order chi connectivity index (χ0) is 18.2. The largest absolute Gasteiger partial charge is 0.491 e. The lowest BCUT2D eigenvalue weighted by Gasteiger charge is -2.16. The van der Waals surface area contributed by atoms with E-state index in [1.807, 2.05) is 18.2 Å². The van der Waals surface area contributed by atoms with Gasteiger partial charge in [0, 0.05) is 12.1 Å². The number of urea groups is 1. The number of carbonyl (C=O) groups is 1. The number of halogens is 1. The molecule has 0 aromatic heterocycles. The van der Waals surface area contributed by atoms with E-state index in [1.54, 1.807) is 32.0 Å². The maximum Gasteiger partial charge on any atom is 0.315 e. The summed E-state index contributed by atoms with van der Waals surface area (Å²) >= 11 is 0. The van der Waals surface area contributed by atoms with E-state index in [2.05, 4.69) is 10.6 Å². The molecule has 5 nitrogen and oxygen atoms in total. The number of amides is 2. The van der Waals surface area contributed by atoms with Crippen molar-refractivity contribution in [3.05, 3.63) is 65.0 Å². The van der Waals surface area contributed by atoms with E-state index < -0.39 is 0 Å². The lowest BCUT2D eigenvalue weighted by Crippen LogP contribution is -2.36. The van der Waals surface area contributed by atoms with E-state index in [1.165, 1.54) is 6.07 Å². The molecule has 0 aliphatic carbocycles. The Balaban J connectivity index is 1.91. The van der Waals surface area contributed by atoms with Gasteiger partial charge in [0.25, 0.3) is 0 Å². The van der Waals surface area contributed by atoms with Crippen LogP contribution >= 0.6 is 0 Å². The molecule has 0 radical (unpaired) electrons. The van der Waals surface area contributed by atoms with Crippen LogP contribution in [0.15, 0.2) is 42.5 Å². The van der Waals surface area contributed by atoms with Gasteiger partial charge < -0.3 is 20.5 Å². The van der Waals surface area contributed by atoms with Crippen LogP contribution in [-0.4, -0.2) is 24.4 Å². The molecule has 0 heterocycles. The number of aryl methyl sites for hydroxylation is 1. The number of carbonyl (C=O) groups excluding carboxylic acids is 1. The van der Waals surface area contributed by atoms with Crippen molar-refractivity contribution in [2.24, 2.45) is 0 Å². The maximum atomic E-state index is 13.6. The first-order valence-electron chi connectivity index (χ1n) is 8.13. The molecule has 0 saturated heterocycles. The highest BCUT2D eigenvalue weighted by molar-refractivity contribution is 5.74. The van der Waals surface area contributed by atoms with Gasteiger partial charge in [0.15, 0.2) is 0 Å². The highest BCUT2D eigenvalue weighted by Crippen LogP contribution is 2.18. The number of aliphatic hydroxyl groups is 1. The van der Waals surface area contributed by atoms with Crippen LogP contribution in [0.4, 0.5) is 9.18 Å². The van der Waals surface area contributed by atoms with Gasteiger partial charge in [-0.2, -0.15) is 0 Å². The summed E-state index contributed by atoms with van der Waals surface area (Å²) in [6.45, 7) is 3.89. The van der Waals surface area contributed by atoms with Gasteiger partial charge in [-0.15, -0.1) is 0 Å². The summed E-state index contributed by atoms with van der Waals surface area (Å²) in [6.07, 6.45) is 0. The molecule has 0 fully saturated rings. The van der Waals surface area contributed by atoms with Gasteiger partial charge in [-0.25, -0.2) is 9.18 Å². The Morgan fingerprint density at radius 1 is 1.28 bits per heavy atom. The third-order valence-corrected chi connectivity index (χ3v) is 3.80. The van der Waals surface area contributed by atoms with Gasteiger partial charge in [0.2, 0.25) is 0 Å². The number of nitrogens with one attached hydrogen (secondary N) is 2. The summed E-state index contributed by atoms with van der Waals surface area (Å²) in [7, 11) is 0. The fourth-order valence-corrected chi connectivity index (χ4v) is 2.33. The molecule has 25 heavy (non-hydrogen) atoms. The van der Waals surface area contributed by atoms with E-state index in [4.69, 9.17) is 9.84 Å². The highest BCUT2D eigenvalue weighted by Gasteiger charge is 2.11. The third-order valence-electron chi connectivity index (χ3n) is 3.80. The SMILES string of the molecule is Cc1ccc(C(C)NC(=O)NCc2ccccc2OCCO)cc1F. The molecule has 0 spiro atoms. The van der Waals surface area contributed by atoms with Gasteiger partial charge in [0.1, 0.15) is 18.2 Å². The first-order chi connectivity index (χ1) is 12.0. The predicted octanol–water partition coefficient (Wildman–Crippen LogP) is 3.07. The first-order valence-corrected chi connectivity index (χ1v) is 8.13. The number of para-hydroxylation sites is 1. The second-order valence-corrected chi connectivity index (χ2v) is 5.74. The van der Waals surface area contributed by atoms with Gasteiger partial charge in [-0.1, -0.05) is 30.3 Å². The average Bonchev–Trinajstić information content (AvgIpc) is 2.61. The molecule has 2 aromatic carbocycles. The topological polar surface area (TPSA) is 70.6 Å². The monoisotopic (exact) mass is 346 g/mol. The summed E-state index contributed by atoms with van der Waals surface area (Å²) in [4.78, 5) is 12.1. The van der Waals surface area contributed by atoms with Crippen LogP contribution in [-0.2, 0) is 6.54 Å². The Morgan fingerprint density at radius 3 is 2.76 bits per heavy atom. The Morgan fingerprint density at radius 2 is 2.04 bits per heavy atom. The summed E-state index contributed by atoms with van der Waals surface area (Å²) in [5, 5.41) is 14.4. The van der Waals surface area contributed by atoms with Crippen LogP contribution in [0.5, 0.6) is 5.75 Å². The minimum Gasteiger partial charge on any atom is -0.491 e. The van der Waals surface area contributed by atoms with E-state index in [9.17, 15) is 9.18 Å². The molecule has 6 heteroatoms. The van der Waals surface area contributed by atoms with Crippen molar-refractivity contribution in [2.75, 3.05) is 13.2 Å². The summed E-state index contributed by atoms with van der Waals surface area (Å²) < 4.78 is 19.1. The Bertz CT molecular complexity index is 722. The minimum atomic E-state index is -0.356. The molecule has 1 atom stereocenters. The van der Waals surface area contributed by atoms with Crippen molar-refractivity contribution >= 4 is 6.03 Å². The molecular formula is C19H23FN2O3. The van der Waals surface area contributed by atoms with Crippen molar-refractivity contribution in [1.82, 2.24) is 10.6 Å². The van der Waals surface area contributed by atoms with Gasteiger partial charge in [0.05, 0.1) is 12.6 Å². The number of aliphatic hydroxyl groups excluding tert-OH is 1. The van der Waals surface area contributed by atoms with E-state index in [0.717, 1.165) is 5.56 Å². The van der Waals surface area contributed by atoms with Crippen LogP contribution in [0.3, 0.4) is 0 Å². The number of benzene rings is 2. The summed E-state index contributed by atoms with van der Waals surface area (Å²) in [6, 6.07) is 11.5. The highest BCUT2D eigenvalue weighted by atomic mass is 19.1. The zero-order valence-electron chi connectivity index (χ0n) is 14.4. The van der Waals surface area contributed by atoms with Crippen LogP contribution < -0.4 is 15.4 Å². The molecule has 2 rings (SSSR count). The molecule has 0 saturated carbocycles. The van der Waals surface area contributed by atoms with Crippen molar-refractivity contribution < 1.29 is 19.0 Å². The molecule has 1 unspecified atom stereocenters. The standard InChI is InChI=1S/C19H23FN2O3/c1-13-7-8-15(11-17(13)20)14(2)22-19(24)21-12-16-5-3-4-6-18(16)25-10-9-23/h3-8,11,14,23H,9-10,12H2,1-2H3,(H2,21,22,24). The zero-order valence-corrected chi connectivity index (χ0v) is 14.4. The Hall–Kier alpha value is -2.60. The van der Waals surface area contributed by atoms with Crippen molar-refractivity contribution in [1.29, 1.82) is 0 Å². The van der Waals surface area contributed by atoms with Crippen LogP contribution in [0.1, 0.15) is 29.7 Å². The lowest BCUT2D eigenvalue weighted by molar-refractivity contribution is 0.200. The van der Waals surface area contributed by atoms with Crippen LogP contribution in [0, 0.1) is 12.7 Å². The van der Waals surface area contributed by atoms with E-state index >= 15 is 0 Å². The molecule has 0 aliphatic heterocycles. The minimum absolute atomic E-state index is 0.0765. The molecule has 2 aromatic rings. The second-order valence-electron chi connectivity index (χ2n) is 5.74. The molecule has 0 aliphatic rings. The average molecular weight is 346 g/mol. The van der Waals surface area contributed by atoms with Gasteiger partial charge in [-0.3, -0.25) is 0 Å². The van der Waals surface area contributed by atoms with Gasteiger partial charge in [-0.05, 0) is 37.1 Å². The van der Waals surface area contributed by atoms with Crippen molar-refractivity contribution in [3.63, 3.8) is 0 Å². The molecule has 134 valence electrons. The van der Waals surface area contributed by atoms with E-state index in [0.29, 0.717) is 16.9 Å². The lowest BCUT2D eigenvalue weighted by atomic mass is 10.1. The maximum absolute atomic E-state index is 13.6. The fourth-order valence-electron chi connectivity index (χ4n) is 2.33. The summed E-state index contributed by atoms with van der Waals surface area (Å²) in [5.74, 6) is 0.326. The number of rotatable bonds is 7. The van der Waals surface area contributed by atoms with Crippen molar-refractivity contribution in [3.8, 4) is 5.75 Å². The second kappa shape index (κ2) is 9.03. The number of ether oxygens (including phenoxy) is 1. The predicted molar refractivity (Wildman–Crippen MR) is 93.9 cm³/mol. The normalized spacial score (nSPS) is 11.7. The summed E-state index contributed by atoms with van der Waals surface area (Å²) in [5.41, 5.74) is 2.07. The fraction of sp³-hybridized carbons (Fsp3) is 0.316. The Labute approximate surface area is 146 Å². The molecule has 0 bridgehead atoms. The molecule has 3 N–H and O–H groups in total. The van der Waals surface area contributed by atoms with Crippen LogP contribution in [0.2, 0.25) is 0 Å². The number of hydrogen-bond acceptors (Lipinski definition) is 3. The van der Waals surface area contributed by atoms with Gasteiger partial charge >= 0.3 is 6.03 Å².